The minimum Gasteiger partial charge on any atom is -0.480 e. The van der Waals surface area contributed by atoms with Crippen LogP contribution in [0.1, 0.15) is 44.6 Å². The topological polar surface area (TPSA) is 199 Å². The van der Waals surface area contributed by atoms with Crippen LogP contribution in [0.4, 0.5) is 0 Å². The van der Waals surface area contributed by atoms with E-state index >= 15 is 0 Å². The highest BCUT2D eigenvalue weighted by Crippen LogP contribution is 2.19. The lowest BCUT2D eigenvalue weighted by atomic mass is 10.0. The van der Waals surface area contributed by atoms with Crippen LogP contribution in [0, 0.1) is 0 Å². The first-order chi connectivity index (χ1) is 18.2. The molecule has 1 aromatic carbocycles. The Morgan fingerprint density at radius 3 is 2.47 bits per heavy atom. The van der Waals surface area contributed by atoms with Crippen molar-refractivity contribution in [3.05, 3.63) is 36.0 Å². The van der Waals surface area contributed by atoms with Gasteiger partial charge in [0.05, 0.1) is 12.1 Å². The first-order valence-corrected chi connectivity index (χ1v) is 13.0. The first-order valence-electron chi connectivity index (χ1n) is 13.0. The number of amides is 3. The molecule has 9 N–H and O–H groups in total. The van der Waals surface area contributed by atoms with Crippen LogP contribution in [-0.4, -0.2) is 82.2 Å². The summed E-state index contributed by atoms with van der Waals surface area (Å²) >= 11 is 0. The van der Waals surface area contributed by atoms with Gasteiger partial charge in [0.25, 0.3) is 0 Å². The van der Waals surface area contributed by atoms with E-state index in [-0.39, 0.29) is 12.8 Å². The molecule has 12 heteroatoms. The van der Waals surface area contributed by atoms with Crippen LogP contribution in [-0.2, 0) is 25.6 Å². The number of aliphatic carboxylic acids is 1. The van der Waals surface area contributed by atoms with E-state index in [4.69, 9.17) is 5.73 Å². The van der Waals surface area contributed by atoms with Gasteiger partial charge in [-0.3, -0.25) is 14.4 Å². The molecule has 1 aliphatic heterocycles. The molecule has 2 aromatic rings. The second-order valence-electron chi connectivity index (χ2n) is 9.68. The lowest BCUT2D eigenvalue weighted by molar-refractivity contribution is -0.142. The third kappa shape index (κ3) is 7.76. The van der Waals surface area contributed by atoms with E-state index < -0.39 is 54.0 Å². The van der Waals surface area contributed by atoms with Crippen molar-refractivity contribution in [3.8, 4) is 0 Å². The van der Waals surface area contributed by atoms with Crippen molar-refractivity contribution in [1.29, 1.82) is 0 Å². The Balaban J connectivity index is 1.70. The number of carbonyl (C=O) groups excluding carboxylic acids is 3. The number of unbranched alkanes of at least 4 members (excludes halogenated alkanes) is 1. The number of fused-ring (bicyclic) bond motifs is 1. The van der Waals surface area contributed by atoms with Crippen molar-refractivity contribution >= 4 is 34.6 Å². The Morgan fingerprint density at radius 1 is 1.08 bits per heavy atom. The highest BCUT2D eigenvalue weighted by molar-refractivity contribution is 5.94. The molecule has 208 valence electrons. The molecule has 38 heavy (non-hydrogen) atoms. The molecule has 5 unspecified atom stereocenters. The van der Waals surface area contributed by atoms with Gasteiger partial charge >= 0.3 is 5.97 Å². The van der Waals surface area contributed by atoms with Crippen molar-refractivity contribution in [2.45, 2.75) is 75.7 Å². The maximum absolute atomic E-state index is 13.2. The van der Waals surface area contributed by atoms with Crippen molar-refractivity contribution in [3.63, 3.8) is 0 Å². The van der Waals surface area contributed by atoms with Gasteiger partial charge in [-0.1, -0.05) is 18.2 Å². The number of para-hydroxylation sites is 1. The molecule has 3 rings (SSSR count). The van der Waals surface area contributed by atoms with E-state index in [1.54, 1.807) is 6.20 Å². The number of hydrogen-bond acceptors (Lipinski definition) is 7. The minimum absolute atomic E-state index is 0.0370. The molecule has 12 nitrogen and oxygen atoms in total. The van der Waals surface area contributed by atoms with Gasteiger partial charge in [-0.2, -0.15) is 0 Å². The maximum atomic E-state index is 13.2. The van der Waals surface area contributed by atoms with Gasteiger partial charge in [0.1, 0.15) is 18.1 Å². The molecule has 1 aromatic heterocycles. The summed E-state index contributed by atoms with van der Waals surface area (Å²) in [5.41, 5.74) is 7.16. The standard InChI is InChI=1S/C26H38N6O6/c1-15(33)22(32-23(34)19-10-6-12-28-19)25(36)30-20(9-4-5-11-27)24(35)31-21(26(37)38)13-16-14-29-18-8-3-2-7-17(16)18/h2-3,7-8,14-15,19-22,28-29,33H,4-6,9-13,27H2,1H3,(H,30,36)(H,31,35)(H,32,34)(H,37,38). The average molecular weight is 531 g/mol. The highest BCUT2D eigenvalue weighted by Gasteiger charge is 2.33. The largest absolute Gasteiger partial charge is 0.480 e. The van der Waals surface area contributed by atoms with E-state index in [0.717, 1.165) is 22.9 Å². The van der Waals surface area contributed by atoms with Crippen LogP contribution >= 0.6 is 0 Å². The molecule has 2 heterocycles. The van der Waals surface area contributed by atoms with Gasteiger partial charge in [-0.15, -0.1) is 0 Å². The Morgan fingerprint density at radius 2 is 1.82 bits per heavy atom. The maximum Gasteiger partial charge on any atom is 0.326 e. The molecular formula is C26H38N6O6. The molecule has 0 radical (unpaired) electrons. The van der Waals surface area contributed by atoms with Gasteiger partial charge in [0.2, 0.25) is 17.7 Å². The number of carboxylic acids is 1. The minimum atomic E-state index is -1.28. The number of nitrogens with two attached hydrogens (primary N) is 1. The normalized spacial score (nSPS) is 18.3. The summed E-state index contributed by atoms with van der Waals surface area (Å²) in [6, 6.07) is 3.39. The number of rotatable bonds is 14. The SMILES string of the molecule is CC(O)C(NC(=O)C1CCCN1)C(=O)NC(CCCCN)C(=O)NC(Cc1c[nH]c2ccccc12)C(=O)O. The molecule has 0 spiro atoms. The summed E-state index contributed by atoms with van der Waals surface area (Å²) in [7, 11) is 0. The Kier molecular flexibility index (Phi) is 10.6. The van der Waals surface area contributed by atoms with Crippen LogP contribution in [0.2, 0.25) is 0 Å². The summed E-state index contributed by atoms with van der Waals surface area (Å²) < 4.78 is 0. The summed E-state index contributed by atoms with van der Waals surface area (Å²) in [5.74, 6) is -3.02. The van der Waals surface area contributed by atoms with Gasteiger partial charge in [0, 0.05) is 23.5 Å². The van der Waals surface area contributed by atoms with E-state index in [1.165, 1.54) is 6.92 Å². The number of carboxylic acid groups (broad SMARTS) is 1. The summed E-state index contributed by atoms with van der Waals surface area (Å²) in [5, 5.41) is 31.6. The molecule has 3 amide bonds. The number of carbonyl (C=O) groups is 4. The number of nitrogens with one attached hydrogen (secondary N) is 5. The number of aromatic amines is 1. The van der Waals surface area contributed by atoms with Gasteiger partial charge < -0.3 is 42.2 Å². The van der Waals surface area contributed by atoms with Gasteiger partial charge in [0.15, 0.2) is 0 Å². The summed E-state index contributed by atoms with van der Waals surface area (Å²) in [6.45, 7) is 2.45. The van der Waals surface area contributed by atoms with Crippen LogP contribution < -0.4 is 27.0 Å². The third-order valence-electron chi connectivity index (χ3n) is 6.73. The van der Waals surface area contributed by atoms with Gasteiger partial charge in [-0.25, -0.2) is 4.79 Å². The second kappa shape index (κ2) is 13.9. The molecule has 0 bridgehead atoms. The van der Waals surface area contributed by atoms with E-state index in [0.29, 0.717) is 32.4 Å². The third-order valence-corrected chi connectivity index (χ3v) is 6.73. The molecular weight excluding hydrogens is 492 g/mol. The fourth-order valence-corrected chi connectivity index (χ4v) is 4.58. The lowest BCUT2D eigenvalue weighted by Gasteiger charge is -2.26. The molecule has 5 atom stereocenters. The Hall–Kier alpha value is -3.48. The van der Waals surface area contributed by atoms with Gasteiger partial charge in [-0.05, 0) is 63.7 Å². The molecule has 1 saturated heterocycles. The number of aromatic nitrogens is 1. The number of aliphatic hydroxyl groups is 1. The fraction of sp³-hybridized carbons (Fsp3) is 0.538. The van der Waals surface area contributed by atoms with Crippen LogP contribution in [0.3, 0.4) is 0 Å². The quantitative estimate of drug-likeness (QED) is 0.150. The van der Waals surface area contributed by atoms with Crippen LogP contribution in [0.5, 0.6) is 0 Å². The van der Waals surface area contributed by atoms with Crippen molar-refractivity contribution in [2.24, 2.45) is 5.73 Å². The zero-order valence-electron chi connectivity index (χ0n) is 21.5. The molecule has 0 aliphatic carbocycles. The highest BCUT2D eigenvalue weighted by atomic mass is 16.4. The zero-order chi connectivity index (χ0) is 27.7. The smallest absolute Gasteiger partial charge is 0.326 e. The predicted octanol–water partition coefficient (Wildman–Crippen LogP) is -0.489. The lowest BCUT2D eigenvalue weighted by Crippen LogP contribution is -2.59. The number of H-pyrrole nitrogens is 1. The Labute approximate surface area is 221 Å². The number of aliphatic hydroxyl groups excluding tert-OH is 1. The van der Waals surface area contributed by atoms with E-state index in [2.05, 4.69) is 26.3 Å². The fourth-order valence-electron chi connectivity index (χ4n) is 4.58. The first kappa shape index (κ1) is 29.1. The van der Waals surface area contributed by atoms with E-state index in [9.17, 15) is 29.4 Å². The second-order valence-corrected chi connectivity index (χ2v) is 9.68. The summed E-state index contributed by atoms with van der Waals surface area (Å²) in [4.78, 5) is 53.9. The van der Waals surface area contributed by atoms with E-state index in [1.807, 2.05) is 24.3 Å². The van der Waals surface area contributed by atoms with Crippen LogP contribution in [0.15, 0.2) is 30.5 Å². The van der Waals surface area contributed by atoms with Crippen molar-refractivity contribution in [2.75, 3.05) is 13.1 Å². The predicted molar refractivity (Wildman–Crippen MR) is 141 cm³/mol. The van der Waals surface area contributed by atoms with Crippen molar-refractivity contribution < 1.29 is 29.4 Å². The monoisotopic (exact) mass is 530 g/mol. The average Bonchev–Trinajstić information content (AvgIpc) is 3.56. The molecule has 1 fully saturated rings. The van der Waals surface area contributed by atoms with Crippen LogP contribution in [0.25, 0.3) is 10.9 Å². The molecule has 0 saturated carbocycles. The number of hydrogen-bond donors (Lipinski definition) is 8. The number of benzene rings is 1. The molecule has 1 aliphatic rings. The zero-order valence-corrected chi connectivity index (χ0v) is 21.5. The van der Waals surface area contributed by atoms with Crippen molar-refractivity contribution in [1.82, 2.24) is 26.3 Å². The Bertz CT molecular complexity index is 1110. The summed E-state index contributed by atoms with van der Waals surface area (Å²) in [6.07, 6.45) is 3.29.